The highest BCUT2D eigenvalue weighted by Crippen LogP contribution is 2.47. The molecule has 1 aromatic heterocycles. The summed E-state index contributed by atoms with van der Waals surface area (Å²) >= 11 is 0. The molecule has 0 unspecified atom stereocenters. The molecule has 2 amide bonds. The first-order valence-corrected chi connectivity index (χ1v) is 12.2. The molecule has 3 heterocycles. The van der Waals surface area contributed by atoms with Crippen LogP contribution in [0.25, 0.3) is 0 Å². The van der Waals surface area contributed by atoms with Crippen molar-refractivity contribution in [1.29, 1.82) is 0 Å². The molecule has 1 saturated heterocycles. The van der Waals surface area contributed by atoms with Crippen molar-refractivity contribution in [3.05, 3.63) is 89.7 Å². The maximum Gasteiger partial charge on any atom is 0.228 e. The van der Waals surface area contributed by atoms with Gasteiger partial charge in [0.1, 0.15) is 18.0 Å². The van der Waals surface area contributed by atoms with Crippen molar-refractivity contribution in [2.75, 3.05) is 11.9 Å². The average molecular weight is 488 g/mol. The Morgan fingerprint density at radius 3 is 2.58 bits per heavy atom. The summed E-state index contributed by atoms with van der Waals surface area (Å²) in [6.45, 7) is 0.253. The number of ether oxygens (including phenoxy) is 2. The summed E-state index contributed by atoms with van der Waals surface area (Å²) in [6, 6.07) is 18.9. The number of nitrogens with zero attached hydrogens (tertiary/aromatic N) is 1. The van der Waals surface area contributed by atoms with Crippen molar-refractivity contribution in [3.8, 4) is 5.75 Å². The number of hydrogen-bond acceptors (Lipinski definition) is 6. The van der Waals surface area contributed by atoms with Crippen molar-refractivity contribution < 1.29 is 24.2 Å². The molecule has 186 valence electrons. The largest absolute Gasteiger partial charge is 0.487 e. The number of benzene rings is 2. The first kappa shape index (κ1) is 24.0. The van der Waals surface area contributed by atoms with Crippen LogP contribution >= 0.6 is 0 Å². The van der Waals surface area contributed by atoms with Gasteiger partial charge in [-0.15, -0.1) is 0 Å². The van der Waals surface area contributed by atoms with Crippen molar-refractivity contribution in [2.24, 2.45) is 0 Å². The molecule has 0 radical (unpaired) electrons. The Balaban J connectivity index is 1.24. The third-order valence-corrected chi connectivity index (χ3v) is 6.64. The van der Waals surface area contributed by atoms with E-state index in [1.54, 1.807) is 12.4 Å². The molecule has 3 aromatic rings. The van der Waals surface area contributed by atoms with E-state index < -0.39 is 6.10 Å². The Kier molecular flexibility index (Phi) is 7.25. The number of anilines is 1. The molecule has 0 saturated carbocycles. The molecule has 2 aromatic carbocycles. The second-order valence-electron chi connectivity index (χ2n) is 9.20. The number of carbonyl (C=O) groups excluding carboxylic acids is 2. The van der Waals surface area contributed by atoms with E-state index in [0.717, 1.165) is 16.7 Å². The zero-order valence-corrected chi connectivity index (χ0v) is 19.8. The molecule has 36 heavy (non-hydrogen) atoms. The fraction of sp³-hybridized carbons (Fsp3) is 0.321. The molecule has 0 spiro atoms. The number of aliphatic hydroxyl groups is 1. The number of hydrogen-bond donors (Lipinski definition) is 3. The van der Waals surface area contributed by atoms with Crippen LogP contribution in [0.15, 0.2) is 73.1 Å². The number of aromatic nitrogens is 1. The van der Waals surface area contributed by atoms with Crippen LogP contribution in [0.1, 0.15) is 35.4 Å². The molecule has 4 atom stereocenters. The smallest absolute Gasteiger partial charge is 0.228 e. The monoisotopic (exact) mass is 487 g/mol. The molecule has 5 rings (SSSR count). The highest BCUT2D eigenvalue weighted by molar-refractivity contribution is 5.92. The van der Waals surface area contributed by atoms with Gasteiger partial charge in [0, 0.05) is 36.1 Å². The van der Waals surface area contributed by atoms with Gasteiger partial charge in [-0.3, -0.25) is 14.6 Å². The highest BCUT2D eigenvalue weighted by Gasteiger charge is 2.46. The van der Waals surface area contributed by atoms with Crippen LogP contribution < -0.4 is 15.4 Å². The summed E-state index contributed by atoms with van der Waals surface area (Å²) in [4.78, 5) is 29.1. The number of rotatable bonds is 8. The van der Waals surface area contributed by atoms with Crippen molar-refractivity contribution >= 4 is 17.5 Å². The van der Waals surface area contributed by atoms with Gasteiger partial charge in [-0.2, -0.15) is 0 Å². The molecule has 0 aliphatic carbocycles. The maximum absolute atomic E-state index is 12.6. The lowest BCUT2D eigenvalue weighted by Gasteiger charge is -2.37. The van der Waals surface area contributed by atoms with Gasteiger partial charge < -0.3 is 25.2 Å². The first-order chi connectivity index (χ1) is 17.6. The number of aliphatic hydroxyl groups excluding tert-OH is 1. The van der Waals surface area contributed by atoms with Crippen LogP contribution in [0.4, 0.5) is 5.69 Å². The van der Waals surface area contributed by atoms with E-state index in [4.69, 9.17) is 9.47 Å². The molecule has 2 aliphatic heterocycles. The fourth-order valence-electron chi connectivity index (χ4n) is 4.93. The molecule has 8 heteroatoms. The number of nitrogens with one attached hydrogen (secondary N) is 2. The van der Waals surface area contributed by atoms with E-state index in [1.807, 2.05) is 60.7 Å². The van der Waals surface area contributed by atoms with E-state index in [9.17, 15) is 14.7 Å². The van der Waals surface area contributed by atoms with E-state index in [-0.39, 0.29) is 49.4 Å². The van der Waals surface area contributed by atoms with Crippen LogP contribution in [-0.2, 0) is 27.3 Å². The highest BCUT2D eigenvalue weighted by atomic mass is 16.6. The Hall–Kier alpha value is -3.75. The average Bonchev–Trinajstić information content (AvgIpc) is 3.26. The summed E-state index contributed by atoms with van der Waals surface area (Å²) in [5.41, 5.74) is 3.55. The molecule has 8 nitrogen and oxygen atoms in total. The van der Waals surface area contributed by atoms with Gasteiger partial charge in [-0.05, 0) is 47.9 Å². The fourth-order valence-corrected chi connectivity index (χ4v) is 4.93. The minimum Gasteiger partial charge on any atom is -0.487 e. The van der Waals surface area contributed by atoms with Gasteiger partial charge in [0.2, 0.25) is 11.8 Å². The van der Waals surface area contributed by atoms with E-state index in [0.29, 0.717) is 24.4 Å². The maximum atomic E-state index is 12.6. The SMILES string of the molecule is O=C(C[C@H]1C[C@H]2c3cc(NC(=O)Cc4ccncc4)ccc3O[C@H]2[C@H](CO)O1)NCc1ccccc1. The zero-order chi connectivity index (χ0) is 24.9. The van der Waals surface area contributed by atoms with Gasteiger partial charge in [0.05, 0.1) is 25.6 Å². The molecule has 0 bridgehead atoms. The second-order valence-corrected chi connectivity index (χ2v) is 9.20. The zero-order valence-electron chi connectivity index (χ0n) is 19.8. The molecule has 3 N–H and O–H groups in total. The van der Waals surface area contributed by atoms with Crippen molar-refractivity contribution in [2.45, 2.75) is 50.0 Å². The minimum absolute atomic E-state index is 0.0464. The lowest BCUT2D eigenvalue weighted by Crippen LogP contribution is -2.47. The van der Waals surface area contributed by atoms with E-state index in [1.165, 1.54) is 0 Å². The van der Waals surface area contributed by atoms with Crippen LogP contribution in [0.2, 0.25) is 0 Å². The number of carbonyl (C=O) groups is 2. The third kappa shape index (κ3) is 5.56. The van der Waals surface area contributed by atoms with Gasteiger partial charge in [0.15, 0.2) is 0 Å². The van der Waals surface area contributed by atoms with Gasteiger partial charge in [0.25, 0.3) is 0 Å². The van der Waals surface area contributed by atoms with Gasteiger partial charge in [-0.1, -0.05) is 30.3 Å². The topological polar surface area (TPSA) is 110 Å². The molecule has 1 fully saturated rings. The quantitative estimate of drug-likeness (QED) is 0.451. The summed E-state index contributed by atoms with van der Waals surface area (Å²) in [6.07, 6.45) is 3.14. The second kappa shape index (κ2) is 10.9. The Bertz CT molecular complexity index is 1200. The molecular weight excluding hydrogens is 458 g/mol. The van der Waals surface area contributed by atoms with Crippen LogP contribution in [0.5, 0.6) is 5.75 Å². The lowest BCUT2D eigenvalue weighted by atomic mass is 9.84. The van der Waals surface area contributed by atoms with Crippen molar-refractivity contribution in [1.82, 2.24) is 10.3 Å². The first-order valence-electron chi connectivity index (χ1n) is 12.2. The molecule has 2 aliphatic rings. The summed E-state index contributed by atoms with van der Waals surface area (Å²) in [5, 5.41) is 15.9. The number of amides is 2. The Morgan fingerprint density at radius 1 is 1.00 bits per heavy atom. The molecular formula is C28H29N3O5. The summed E-state index contributed by atoms with van der Waals surface area (Å²) in [5.74, 6) is 0.447. The Morgan fingerprint density at radius 2 is 1.81 bits per heavy atom. The van der Waals surface area contributed by atoms with Crippen LogP contribution in [-0.4, -0.2) is 46.8 Å². The van der Waals surface area contributed by atoms with E-state index >= 15 is 0 Å². The minimum atomic E-state index is -0.534. The third-order valence-electron chi connectivity index (χ3n) is 6.64. The van der Waals surface area contributed by atoms with E-state index in [2.05, 4.69) is 15.6 Å². The van der Waals surface area contributed by atoms with Crippen molar-refractivity contribution in [3.63, 3.8) is 0 Å². The predicted molar refractivity (Wildman–Crippen MR) is 133 cm³/mol. The standard InChI is InChI=1S/C28H29N3O5/c32-17-25-28-23(14-21(35-25)15-26(33)30-16-19-4-2-1-3-5-19)22-13-20(6-7-24(22)36-28)31-27(34)12-18-8-10-29-11-9-18/h1-11,13,21,23,25,28,32H,12,14-17H2,(H,30,33)(H,31,34)/t21-,23+,25+,28-/m1/s1. The number of pyridine rings is 1. The van der Waals surface area contributed by atoms with Crippen LogP contribution in [0.3, 0.4) is 0 Å². The normalized spacial score (nSPS) is 22.1. The predicted octanol–water partition coefficient (Wildman–Crippen LogP) is 2.96. The van der Waals surface area contributed by atoms with Crippen LogP contribution in [0, 0.1) is 0 Å². The number of fused-ring (bicyclic) bond motifs is 3. The van der Waals surface area contributed by atoms with Gasteiger partial charge >= 0.3 is 0 Å². The summed E-state index contributed by atoms with van der Waals surface area (Å²) in [7, 11) is 0. The Labute approximate surface area is 209 Å². The van der Waals surface area contributed by atoms with Gasteiger partial charge in [-0.25, -0.2) is 0 Å². The lowest BCUT2D eigenvalue weighted by molar-refractivity contribution is -0.142. The summed E-state index contributed by atoms with van der Waals surface area (Å²) < 4.78 is 12.2.